The third kappa shape index (κ3) is 3.09. The van der Waals surface area contributed by atoms with Crippen molar-refractivity contribution in [1.29, 1.82) is 0 Å². The van der Waals surface area contributed by atoms with Crippen molar-refractivity contribution in [2.24, 2.45) is 0 Å². The average molecular weight is 237 g/mol. The van der Waals surface area contributed by atoms with Gasteiger partial charge in [-0.2, -0.15) is 0 Å². The molecule has 3 N–H and O–H groups in total. The number of anilines is 2. The number of nitro groups is 1. The Hall–Kier alpha value is -1.78. The third-order valence-electron chi connectivity index (χ3n) is 3.24. The molecule has 0 saturated heterocycles. The first kappa shape index (κ1) is 13.3. The number of nitrogens with two attached hydrogens (primary N) is 1. The van der Waals surface area contributed by atoms with E-state index in [2.05, 4.69) is 26.1 Å². The van der Waals surface area contributed by atoms with E-state index < -0.39 is 4.92 Å². The Bertz CT molecular complexity index is 414. The summed E-state index contributed by atoms with van der Waals surface area (Å²) < 4.78 is 0. The summed E-state index contributed by atoms with van der Waals surface area (Å²) in [6, 6.07) is 4.51. The molecule has 0 spiro atoms. The molecule has 1 rings (SSSR count). The van der Waals surface area contributed by atoms with Gasteiger partial charge in [0.05, 0.1) is 16.3 Å². The first-order valence-corrected chi connectivity index (χ1v) is 5.74. The van der Waals surface area contributed by atoms with Gasteiger partial charge in [-0.3, -0.25) is 10.1 Å². The van der Waals surface area contributed by atoms with Crippen LogP contribution in [-0.2, 0) is 0 Å². The topological polar surface area (TPSA) is 81.2 Å². The van der Waals surface area contributed by atoms with E-state index in [1.54, 1.807) is 6.07 Å². The van der Waals surface area contributed by atoms with Gasteiger partial charge in [-0.1, -0.05) is 13.8 Å². The number of nitrogens with one attached hydrogen (secondary N) is 1. The number of rotatable bonds is 5. The average Bonchev–Trinajstić information content (AvgIpc) is 2.31. The van der Waals surface area contributed by atoms with E-state index in [-0.39, 0.29) is 11.2 Å². The molecule has 0 bridgehead atoms. The molecule has 0 unspecified atom stereocenters. The summed E-state index contributed by atoms with van der Waals surface area (Å²) in [4.78, 5) is 10.1. The molecular weight excluding hydrogens is 218 g/mol. The number of hydrogen-bond acceptors (Lipinski definition) is 4. The zero-order valence-electron chi connectivity index (χ0n) is 10.5. The third-order valence-corrected chi connectivity index (χ3v) is 3.24. The Labute approximate surface area is 101 Å². The van der Waals surface area contributed by atoms with E-state index in [0.717, 1.165) is 18.5 Å². The van der Waals surface area contributed by atoms with Crippen LogP contribution in [0.2, 0.25) is 0 Å². The van der Waals surface area contributed by atoms with E-state index in [1.165, 1.54) is 12.1 Å². The minimum absolute atomic E-state index is 0.0164. The molecule has 0 saturated carbocycles. The highest BCUT2D eigenvalue weighted by Gasteiger charge is 2.20. The van der Waals surface area contributed by atoms with Crippen molar-refractivity contribution in [3.05, 3.63) is 28.3 Å². The monoisotopic (exact) mass is 237 g/mol. The van der Waals surface area contributed by atoms with Crippen molar-refractivity contribution in [2.75, 3.05) is 11.1 Å². The lowest BCUT2D eigenvalue weighted by Crippen LogP contribution is -2.33. The summed E-state index contributed by atoms with van der Waals surface area (Å²) in [5, 5.41) is 13.9. The maximum absolute atomic E-state index is 10.6. The fourth-order valence-corrected chi connectivity index (χ4v) is 1.53. The Morgan fingerprint density at radius 3 is 2.41 bits per heavy atom. The Kier molecular flexibility index (Phi) is 3.93. The Morgan fingerprint density at radius 2 is 2.00 bits per heavy atom. The highest BCUT2D eigenvalue weighted by atomic mass is 16.6. The highest BCUT2D eigenvalue weighted by Crippen LogP contribution is 2.28. The predicted molar refractivity (Wildman–Crippen MR) is 70.1 cm³/mol. The summed E-state index contributed by atoms with van der Waals surface area (Å²) >= 11 is 0. The lowest BCUT2D eigenvalue weighted by atomic mass is 9.95. The lowest BCUT2D eigenvalue weighted by molar-refractivity contribution is -0.384. The van der Waals surface area contributed by atoms with Crippen molar-refractivity contribution in [3.63, 3.8) is 0 Å². The van der Waals surface area contributed by atoms with E-state index in [4.69, 9.17) is 5.73 Å². The summed E-state index contributed by atoms with van der Waals surface area (Å²) in [5.41, 5.74) is 6.95. The molecule has 5 nitrogen and oxygen atoms in total. The molecule has 5 heteroatoms. The van der Waals surface area contributed by atoms with E-state index in [0.29, 0.717) is 5.69 Å². The van der Waals surface area contributed by atoms with Crippen LogP contribution < -0.4 is 11.1 Å². The van der Waals surface area contributed by atoms with Gasteiger partial charge in [-0.15, -0.1) is 0 Å². The van der Waals surface area contributed by atoms with Crippen LogP contribution in [0.3, 0.4) is 0 Å². The molecule has 1 aromatic carbocycles. The van der Waals surface area contributed by atoms with Crippen molar-refractivity contribution >= 4 is 17.1 Å². The standard InChI is InChI=1S/C12H19N3O2/c1-4-12(3,5-2)14-11-7-6-9(15(16)17)8-10(11)13/h6-8,14H,4-5,13H2,1-3H3. The maximum atomic E-state index is 10.6. The van der Waals surface area contributed by atoms with Gasteiger partial charge in [0.2, 0.25) is 0 Å². The molecule has 1 aromatic rings. The van der Waals surface area contributed by atoms with E-state index >= 15 is 0 Å². The second-order valence-electron chi connectivity index (χ2n) is 4.42. The molecule has 0 aliphatic rings. The highest BCUT2D eigenvalue weighted by molar-refractivity contribution is 5.70. The number of nitrogens with zero attached hydrogens (tertiary/aromatic N) is 1. The zero-order valence-corrected chi connectivity index (χ0v) is 10.5. The SMILES string of the molecule is CCC(C)(CC)Nc1ccc([N+](=O)[O-])cc1N. The van der Waals surface area contributed by atoms with Gasteiger partial charge < -0.3 is 11.1 Å². The molecule has 0 aromatic heterocycles. The maximum Gasteiger partial charge on any atom is 0.271 e. The van der Waals surface area contributed by atoms with Gasteiger partial charge >= 0.3 is 0 Å². The van der Waals surface area contributed by atoms with Crippen LogP contribution in [0.15, 0.2) is 18.2 Å². The van der Waals surface area contributed by atoms with Gasteiger partial charge in [0.15, 0.2) is 0 Å². The Balaban J connectivity index is 2.97. The fourth-order valence-electron chi connectivity index (χ4n) is 1.53. The fraction of sp³-hybridized carbons (Fsp3) is 0.500. The molecule has 0 heterocycles. The summed E-state index contributed by atoms with van der Waals surface area (Å²) in [6.07, 6.45) is 1.92. The largest absolute Gasteiger partial charge is 0.397 e. The first-order valence-electron chi connectivity index (χ1n) is 5.74. The number of hydrogen-bond donors (Lipinski definition) is 2. The minimum Gasteiger partial charge on any atom is -0.397 e. The zero-order chi connectivity index (χ0) is 13.1. The first-order chi connectivity index (χ1) is 7.91. The van der Waals surface area contributed by atoms with Crippen molar-refractivity contribution in [3.8, 4) is 0 Å². The van der Waals surface area contributed by atoms with E-state index in [1.807, 2.05) is 0 Å². The second kappa shape index (κ2) is 5.03. The number of benzene rings is 1. The van der Waals surface area contributed by atoms with Gasteiger partial charge in [0, 0.05) is 17.7 Å². The summed E-state index contributed by atoms with van der Waals surface area (Å²) in [5.74, 6) is 0. The van der Waals surface area contributed by atoms with Gasteiger partial charge in [0.1, 0.15) is 0 Å². The van der Waals surface area contributed by atoms with Crippen LogP contribution in [0.1, 0.15) is 33.6 Å². The molecule has 0 aliphatic heterocycles. The van der Waals surface area contributed by atoms with Crippen LogP contribution in [0.25, 0.3) is 0 Å². The van der Waals surface area contributed by atoms with Gasteiger partial charge in [-0.05, 0) is 25.8 Å². The van der Waals surface area contributed by atoms with Crippen LogP contribution in [0, 0.1) is 10.1 Å². The normalized spacial score (nSPS) is 11.2. The Morgan fingerprint density at radius 1 is 1.41 bits per heavy atom. The molecule has 94 valence electrons. The second-order valence-corrected chi connectivity index (χ2v) is 4.42. The molecule has 0 fully saturated rings. The smallest absolute Gasteiger partial charge is 0.271 e. The molecule has 0 aliphatic carbocycles. The quantitative estimate of drug-likeness (QED) is 0.468. The molecular formula is C12H19N3O2. The molecule has 17 heavy (non-hydrogen) atoms. The molecule has 0 radical (unpaired) electrons. The minimum atomic E-state index is -0.445. The molecule has 0 atom stereocenters. The van der Waals surface area contributed by atoms with Crippen LogP contribution in [-0.4, -0.2) is 10.5 Å². The number of nitrogen functional groups attached to an aromatic ring is 1. The molecule has 0 amide bonds. The number of non-ortho nitro benzene ring substituents is 1. The summed E-state index contributed by atoms with van der Waals surface area (Å²) in [6.45, 7) is 6.30. The van der Waals surface area contributed by atoms with Gasteiger partial charge in [0.25, 0.3) is 5.69 Å². The summed E-state index contributed by atoms with van der Waals surface area (Å²) in [7, 11) is 0. The van der Waals surface area contributed by atoms with E-state index in [9.17, 15) is 10.1 Å². The predicted octanol–water partition coefficient (Wildman–Crippen LogP) is 3.17. The number of nitro benzene ring substituents is 1. The lowest BCUT2D eigenvalue weighted by Gasteiger charge is -2.30. The van der Waals surface area contributed by atoms with Crippen LogP contribution in [0.4, 0.5) is 17.1 Å². The van der Waals surface area contributed by atoms with Crippen LogP contribution >= 0.6 is 0 Å². The van der Waals surface area contributed by atoms with Crippen molar-refractivity contribution in [2.45, 2.75) is 39.2 Å². The van der Waals surface area contributed by atoms with Crippen LogP contribution in [0.5, 0.6) is 0 Å². The van der Waals surface area contributed by atoms with Crippen molar-refractivity contribution < 1.29 is 4.92 Å². The van der Waals surface area contributed by atoms with Gasteiger partial charge in [-0.25, -0.2) is 0 Å². The van der Waals surface area contributed by atoms with Crippen molar-refractivity contribution in [1.82, 2.24) is 0 Å².